The zero-order valence-electron chi connectivity index (χ0n) is 5.82. The van der Waals surface area contributed by atoms with Crippen molar-refractivity contribution in [2.24, 2.45) is 5.11 Å². The lowest BCUT2D eigenvalue weighted by molar-refractivity contribution is 1.20. The van der Waals surface area contributed by atoms with E-state index in [1.807, 2.05) is 6.92 Å². The monoisotopic (exact) mass is 212 g/mol. The first kappa shape index (κ1) is 8.04. The van der Waals surface area contributed by atoms with Crippen molar-refractivity contribution >= 4 is 21.7 Å². The van der Waals surface area contributed by atoms with E-state index in [4.69, 9.17) is 5.53 Å². The Balaban J connectivity index is 3.26. The summed E-state index contributed by atoms with van der Waals surface area (Å²) in [7, 11) is 0. The quantitative estimate of drug-likeness (QED) is 0.401. The Morgan fingerprint density at radius 1 is 1.73 bits per heavy atom. The molecule has 0 bridgehead atoms. The summed E-state index contributed by atoms with van der Waals surface area (Å²) in [5.74, 6) is 0.418. The minimum atomic E-state index is 0.418. The molecule has 4 nitrogen and oxygen atoms in total. The summed E-state index contributed by atoms with van der Waals surface area (Å²) in [6, 6.07) is 1.80. The predicted molar refractivity (Wildman–Crippen MR) is 45.5 cm³/mol. The first-order valence-corrected chi connectivity index (χ1v) is 3.71. The smallest absolute Gasteiger partial charge is 0.130 e. The molecule has 0 fully saturated rings. The van der Waals surface area contributed by atoms with Crippen molar-refractivity contribution in [1.82, 2.24) is 4.98 Å². The van der Waals surface area contributed by atoms with E-state index >= 15 is 0 Å². The Morgan fingerprint density at radius 3 is 3.09 bits per heavy atom. The standard InChI is InChI=1S/C6H5BrN4/c1-4-5(7)2-3-9-6(4)10-11-8/h2-3H,1H3. The third-order valence-electron chi connectivity index (χ3n) is 1.25. The highest BCUT2D eigenvalue weighted by molar-refractivity contribution is 9.10. The van der Waals surface area contributed by atoms with E-state index in [9.17, 15) is 0 Å². The number of hydrogen-bond donors (Lipinski definition) is 0. The van der Waals surface area contributed by atoms with Gasteiger partial charge < -0.3 is 0 Å². The molecule has 0 aliphatic carbocycles. The van der Waals surface area contributed by atoms with Crippen molar-refractivity contribution in [1.29, 1.82) is 0 Å². The van der Waals surface area contributed by atoms with Crippen LogP contribution >= 0.6 is 15.9 Å². The third-order valence-corrected chi connectivity index (χ3v) is 2.11. The summed E-state index contributed by atoms with van der Waals surface area (Å²) in [5.41, 5.74) is 8.99. The molecule has 0 aliphatic rings. The second kappa shape index (κ2) is 3.37. The van der Waals surface area contributed by atoms with Crippen LogP contribution in [0.5, 0.6) is 0 Å². The molecule has 0 atom stereocenters. The van der Waals surface area contributed by atoms with Crippen molar-refractivity contribution in [3.05, 3.63) is 32.7 Å². The molecule has 11 heavy (non-hydrogen) atoms. The number of pyridine rings is 1. The fourth-order valence-electron chi connectivity index (χ4n) is 0.645. The van der Waals surface area contributed by atoms with Gasteiger partial charge in [0.1, 0.15) is 5.82 Å². The topological polar surface area (TPSA) is 61.7 Å². The van der Waals surface area contributed by atoms with E-state index in [0.29, 0.717) is 5.82 Å². The molecule has 1 aromatic heterocycles. The number of rotatable bonds is 1. The van der Waals surface area contributed by atoms with Gasteiger partial charge in [0.2, 0.25) is 0 Å². The van der Waals surface area contributed by atoms with Crippen LogP contribution in [0.4, 0.5) is 5.82 Å². The van der Waals surface area contributed by atoms with E-state index in [2.05, 4.69) is 30.9 Å². The van der Waals surface area contributed by atoms with Crippen LogP contribution in [0.25, 0.3) is 10.4 Å². The van der Waals surface area contributed by atoms with Gasteiger partial charge in [-0.25, -0.2) is 0 Å². The van der Waals surface area contributed by atoms with Gasteiger partial charge in [0.25, 0.3) is 0 Å². The number of halogens is 1. The summed E-state index contributed by atoms with van der Waals surface area (Å²) in [4.78, 5) is 6.53. The summed E-state index contributed by atoms with van der Waals surface area (Å²) in [6.07, 6.45) is 1.58. The Hall–Kier alpha value is -1.06. The van der Waals surface area contributed by atoms with Gasteiger partial charge in [-0.2, -0.15) is 0 Å². The van der Waals surface area contributed by atoms with Crippen LogP contribution in [-0.4, -0.2) is 4.98 Å². The molecule has 0 saturated carbocycles. The number of nitrogens with zero attached hydrogens (tertiary/aromatic N) is 4. The first-order chi connectivity index (χ1) is 5.25. The van der Waals surface area contributed by atoms with Crippen LogP contribution in [0.2, 0.25) is 0 Å². The normalized spacial score (nSPS) is 8.91. The Kier molecular flexibility index (Phi) is 2.46. The zero-order valence-corrected chi connectivity index (χ0v) is 7.41. The minimum Gasteiger partial charge on any atom is -0.254 e. The van der Waals surface area contributed by atoms with Gasteiger partial charge >= 0.3 is 0 Å². The van der Waals surface area contributed by atoms with Crippen LogP contribution in [0, 0.1) is 6.92 Å². The zero-order chi connectivity index (χ0) is 8.27. The molecule has 0 spiro atoms. The Bertz CT molecular complexity index is 316. The SMILES string of the molecule is Cc1c(Br)ccnc1N=[N+]=[N-]. The van der Waals surface area contributed by atoms with E-state index in [0.717, 1.165) is 10.0 Å². The van der Waals surface area contributed by atoms with Gasteiger partial charge in [0.05, 0.1) is 0 Å². The van der Waals surface area contributed by atoms with Gasteiger partial charge in [0.15, 0.2) is 0 Å². The molecule has 0 amide bonds. The molecule has 0 aromatic carbocycles. The maximum absolute atomic E-state index is 8.14. The lowest BCUT2D eigenvalue weighted by atomic mass is 10.3. The van der Waals surface area contributed by atoms with Crippen molar-refractivity contribution in [2.45, 2.75) is 6.92 Å². The molecule has 0 saturated heterocycles. The molecule has 0 N–H and O–H groups in total. The van der Waals surface area contributed by atoms with Gasteiger partial charge in [-0.3, -0.25) is 4.98 Å². The molecule has 0 unspecified atom stereocenters. The lowest BCUT2D eigenvalue weighted by Gasteiger charge is -1.98. The molecular formula is C6H5BrN4. The molecule has 0 aliphatic heterocycles. The Labute approximate surface area is 72.0 Å². The summed E-state index contributed by atoms with van der Waals surface area (Å²) in [5, 5.41) is 3.41. The fourth-order valence-corrected chi connectivity index (χ4v) is 0.941. The molecule has 5 heteroatoms. The maximum atomic E-state index is 8.14. The second-order valence-electron chi connectivity index (χ2n) is 1.93. The Morgan fingerprint density at radius 2 is 2.45 bits per heavy atom. The van der Waals surface area contributed by atoms with Gasteiger partial charge in [-0.15, -0.1) is 0 Å². The van der Waals surface area contributed by atoms with Crippen molar-refractivity contribution in [3.8, 4) is 0 Å². The average Bonchev–Trinajstić information content (AvgIpc) is 1.99. The molecular weight excluding hydrogens is 208 g/mol. The summed E-state index contributed by atoms with van der Waals surface area (Å²) >= 11 is 3.29. The van der Waals surface area contributed by atoms with Crippen LogP contribution in [0.3, 0.4) is 0 Å². The van der Waals surface area contributed by atoms with Crippen molar-refractivity contribution < 1.29 is 0 Å². The first-order valence-electron chi connectivity index (χ1n) is 2.92. The lowest BCUT2D eigenvalue weighted by Crippen LogP contribution is -1.79. The van der Waals surface area contributed by atoms with Crippen molar-refractivity contribution in [2.75, 3.05) is 0 Å². The largest absolute Gasteiger partial charge is 0.254 e. The van der Waals surface area contributed by atoms with Crippen molar-refractivity contribution in [3.63, 3.8) is 0 Å². The second-order valence-corrected chi connectivity index (χ2v) is 2.79. The molecule has 1 aromatic rings. The van der Waals surface area contributed by atoms with Gasteiger partial charge in [0, 0.05) is 15.6 Å². The molecule has 56 valence electrons. The highest BCUT2D eigenvalue weighted by atomic mass is 79.9. The molecule has 1 heterocycles. The molecule has 0 radical (unpaired) electrons. The van der Waals surface area contributed by atoms with Crippen LogP contribution < -0.4 is 0 Å². The highest BCUT2D eigenvalue weighted by Crippen LogP contribution is 2.22. The van der Waals surface area contributed by atoms with Gasteiger partial charge in [-0.05, 0) is 29.2 Å². The highest BCUT2D eigenvalue weighted by Gasteiger charge is 1.98. The summed E-state index contributed by atoms with van der Waals surface area (Å²) < 4.78 is 0.898. The number of azide groups is 1. The van der Waals surface area contributed by atoms with Crippen LogP contribution in [0.1, 0.15) is 5.56 Å². The van der Waals surface area contributed by atoms with Crippen LogP contribution in [-0.2, 0) is 0 Å². The fraction of sp³-hybridized carbons (Fsp3) is 0.167. The molecule has 1 rings (SSSR count). The van der Waals surface area contributed by atoms with Gasteiger partial charge in [-0.1, -0.05) is 15.9 Å². The van der Waals surface area contributed by atoms with E-state index in [1.165, 1.54) is 0 Å². The minimum absolute atomic E-state index is 0.418. The number of aromatic nitrogens is 1. The average molecular weight is 213 g/mol. The maximum Gasteiger partial charge on any atom is 0.130 e. The third kappa shape index (κ3) is 1.69. The van der Waals surface area contributed by atoms with E-state index < -0.39 is 0 Å². The number of hydrogen-bond acceptors (Lipinski definition) is 2. The summed E-state index contributed by atoms with van der Waals surface area (Å²) in [6.45, 7) is 1.83. The van der Waals surface area contributed by atoms with E-state index in [-0.39, 0.29) is 0 Å². The van der Waals surface area contributed by atoms with E-state index in [1.54, 1.807) is 12.3 Å². The predicted octanol–water partition coefficient (Wildman–Crippen LogP) is 3.09. The van der Waals surface area contributed by atoms with Crippen LogP contribution in [0.15, 0.2) is 21.9 Å².